The number of hydrogen-bond donors (Lipinski definition) is 2. The third kappa shape index (κ3) is 7.83. The minimum absolute atomic E-state index is 0.00367. The van der Waals surface area contributed by atoms with E-state index in [1.54, 1.807) is 6.92 Å². The molecule has 1 unspecified atom stereocenters. The van der Waals surface area contributed by atoms with E-state index >= 15 is 0 Å². The van der Waals surface area contributed by atoms with Gasteiger partial charge in [-0.05, 0) is 25.7 Å². The van der Waals surface area contributed by atoms with Gasteiger partial charge in [-0.1, -0.05) is 27.7 Å². The number of nitrogens with one attached hydrogen (secondary N) is 1. The molecule has 0 saturated carbocycles. The van der Waals surface area contributed by atoms with Crippen molar-refractivity contribution in [3.63, 3.8) is 0 Å². The minimum atomic E-state index is -0.421. The van der Waals surface area contributed by atoms with Crippen molar-refractivity contribution in [2.75, 3.05) is 6.54 Å². The molecule has 0 bridgehead atoms. The largest absolute Gasteiger partial charge is 0.392 e. The van der Waals surface area contributed by atoms with Gasteiger partial charge in [-0.2, -0.15) is 0 Å². The fraction of sp³-hybridized carbons (Fsp3) is 0.923. The monoisotopic (exact) mass is 229 g/mol. The Morgan fingerprint density at radius 3 is 2.12 bits per heavy atom. The SMILES string of the molecule is CC(=O)C(CC(C)C)C[C@@H](O)CNC(C)C. The first-order valence-corrected chi connectivity index (χ1v) is 6.24. The minimum Gasteiger partial charge on any atom is -0.392 e. The van der Waals surface area contributed by atoms with Crippen LogP contribution in [0.2, 0.25) is 0 Å². The standard InChI is InChI=1S/C13H27NO2/c1-9(2)6-12(11(5)15)7-13(16)8-14-10(3)4/h9-10,12-14,16H,6-8H2,1-5H3/t12?,13-/m1/s1. The van der Waals surface area contributed by atoms with E-state index in [9.17, 15) is 9.90 Å². The van der Waals surface area contributed by atoms with E-state index in [0.717, 1.165) is 6.42 Å². The van der Waals surface area contributed by atoms with Crippen molar-refractivity contribution in [2.24, 2.45) is 11.8 Å². The smallest absolute Gasteiger partial charge is 0.133 e. The van der Waals surface area contributed by atoms with E-state index in [2.05, 4.69) is 19.2 Å². The summed E-state index contributed by atoms with van der Waals surface area (Å²) in [5, 5.41) is 13.0. The molecule has 0 saturated heterocycles. The van der Waals surface area contributed by atoms with Crippen molar-refractivity contribution < 1.29 is 9.90 Å². The van der Waals surface area contributed by atoms with Crippen LogP contribution in [0.4, 0.5) is 0 Å². The van der Waals surface area contributed by atoms with Crippen molar-refractivity contribution in [3.05, 3.63) is 0 Å². The first-order chi connectivity index (χ1) is 7.32. The summed E-state index contributed by atoms with van der Waals surface area (Å²) in [4.78, 5) is 11.4. The second-order valence-corrected chi connectivity index (χ2v) is 5.39. The Labute approximate surface area is 99.6 Å². The van der Waals surface area contributed by atoms with Crippen LogP contribution < -0.4 is 5.32 Å². The highest BCUT2D eigenvalue weighted by Gasteiger charge is 2.19. The van der Waals surface area contributed by atoms with E-state index < -0.39 is 6.10 Å². The van der Waals surface area contributed by atoms with Gasteiger partial charge in [0.15, 0.2) is 0 Å². The number of carbonyl (C=O) groups excluding carboxylic acids is 1. The Morgan fingerprint density at radius 1 is 1.19 bits per heavy atom. The van der Waals surface area contributed by atoms with Crippen molar-refractivity contribution in [1.29, 1.82) is 0 Å². The molecule has 0 aromatic heterocycles. The van der Waals surface area contributed by atoms with Gasteiger partial charge in [0.1, 0.15) is 5.78 Å². The lowest BCUT2D eigenvalue weighted by molar-refractivity contribution is -0.122. The Morgan fingerprint density at radius 2 is 1.75 bits per heavy atom. The van der Waals surface area contributed by atoms with Crippen LogP contribution in [0.15, 0.2) is 0 Å². The zero-order valence-corrected chi connectivity index (χ0v) is 11.3. The fourth-order valence-corrected chi connectivity index (χ4v) is 1.78. The maximum atomic E-state index is 11.4. The first kappa shape index (κ1) is 15.6. The number of rotatable bonds is 8. The van der Waals surface area contributed by atoms with E-state index in [4.69, 9.17) is 0 Å². The molecular formula is C13H27NO2. The Kier molecular flexibility index (Phi) is 7.60. The van der Waals surface area contributed by atoms with Gasteiger partial charge >= 0.3 is 0 Å². The number of hydrogen-bond acceptors (Lipinski definition) is 3. The lowest BCUT2D eigenvalue weighted by Crippen LogP contribution is -2.34. The molecule has 0 heterocycles. The fourth-order valence-electron chi connectivity index (χ4n) is 1.78. The molecule has 0 aliphatic heterocycles. The molecule has 3 heteroatoms. The van der Waals surface area contributed by atoms with Crippen LogP contribution in [0.25, 0.3) is 0 Å². The lowest BCUT2D eigenvalue weighted by Gasteiger charge is -2.20. The molecule has 2 atom stereocenters. The van der Waals surface area contributed by atoms with Gasteiger partial charge in [-0.15, -0.1) is 0 Å². The molecule has 0 aromatic carbocycles. The summed E-state index contributed by atoms with van der Waals surface area (Å²) in [5.41, 5.74) is 0. The highest BCUT2D eigenvalue weighted by atomic mass is 16.3. The average Bonchev–Trinajstić information content (AvgIpc) is 2.12. The maximum absolute atomic E-state index is 11.4. The van der Waals surface area contributed by atoms with Crippen LogP contribution in [0, 0.1) is 11.8 Å². The summed E-state index contributed by atoms with van der Waals surface area (Å²) in [6.45, 7) is 10.5. The number of aliphatic hydroxyl groups excluding tert-OH is 1. The predicted molar refractivity (Wildman–Crippen MR) is 67.4 cm³/mol. The maximum Gasteiger partial charge on any atom is 0.133 e. The Hall–Kier alpha value is -0.410. The first-order valence-electron chi connectivity index (χ1n) is 6.24. The summed E-state index contributed by atoms with van der Waals surface area (Å²) >= 11 is 0. The highest BCUT2D eigenvalue weighted by molar-refractivity contribution is 5.78. The zero-order valence-electron chi connectivity index (χ0n) is 11.3. The Balaban J connectivity index is 4.03. The number of ketones is 1. The molecule has 0 aromatic rings. The predicted octanol–water partition coefficient (Wildman–Crippen LogP) is 1.99. The number of aliphatic hydroxyl groups is 1. The van der Waals surface area contributed by atoms with Gasteiger partial charge in [0.25, 0.3) is 0 Å². The molecule has 0 aliphatic carbocycles. The topological polar surface area (TPSA) is 49.3 Å². The molecule has 0 radical (unpaired) electrons. The molecule has 3 nitrogen and oxygen atoms in total. The van der Waals surface area contributed by atoms with Gasteiger partial charge in [0.2, 0.25) is 0 Å². The molecule has 0 spiro atoms. The molecular weight excluding hydrogens is 202 g/mol. The molecule has 2 N–H and O–H groups in total. The lowest BCUT2D eigenvalue weighted by atomic mass is 9.89. The van der Waals surface area contributed by atoms with Crippen LogP contribution in [-0.4, -0.2) is 29.6 Å². The van der Waals surface area contributed by atoms with Crippen LogP contribution in [0.3, 0.4) is 0 Å². The van der Waals surface area contributed by atoms with E-state index in [1.807, 2.05) is 13.8 Å². The van der Waals surface area contributed by atoms with Crippen molar-refractivity contribution in [3.8, 4) is 0 Å². The van der Waals surface area contributed by atoms with Crippen molar-refractivity contribution >= 4 is 5.78 Å². The van der Waals surface area contributed by atoms with E-state index in [1.165, 1.54) is 0 Å². The molecule has 96 valence electrons. The molecule has 16 heavy (non-hydrogen) atoms. The molecule has 0 fully saturated rings. The van der Waals surface area contributed by atoms with Crippen LogP contribution >= 0.6 is 0 Å². The summed E-state index contributed by atoms with van der Waals surface area (Å²) in [6.07, 6.45) is 1.02. The third-order valence-corrected chi connectivity index (χ3v) is 2.65. The van der Waals surface area contributed by atoms with Crippen LogP contribution in [0.1, 0.15) is 47.5 Å². The van der Waals surface area contributed by atoms with Crippen LogP contribution in [-0.2, 0) is 4.79 Å². The average molecular weight is 229 g/mol. The highest BCUT2D eigenvalue weighted by Crippen LogP contribution is 2.18. The van der Waals surface area contributed by atoms with E-state index in [-0.39, 0.29) is 11.7 Å². The molecule has 0 aliphatic rings. The molecule has 0 rings (SSSR count). The summed E-state index contributed by atoms with van der Waals surface area (Å²) < 4.78 is 0. The summed E-state index contributed by atoms with van der Waals surface area (Å²) in [7, 11) is 0. The molecule has 0 amide bonds. The Bertz CT molecular complexity index is 202. The van der Waals surface area contributed by atoms with Gasteiger partial charge in [-0.3, -0.25) is 4.79 Å². The van der Waals surface area contributed by atoms with Crippen molar-refractivity contribution in [1.82, 2.24) is 5.32 Å². The summed E-state index contributed by atoms with van der Waals surface area (Å²) in [6, 6.07) is 0.371. The quantitative estimate of drug-likeness (QED) is 0.669. The number of Topliss-reactive ketones (excluding diaryl/α,β-unsaturated/α-hetero) is 1. The van der Waals surface area contributed by atoms with Crippen LogP contribution in [0.5, 0.6) is 0 Å². The second kappa shape index (κ2) is 7.80. The third-order valence-electron chi connectivity index (χ3n) is 2.65. The number of carbonyl (C=O) groups is 1. The second-order valence-electron chi connectivity index (χ2n) is 5.39. The van der Waals surface area contributed by atoms with Gasteiger partial charge in [0.05, 0.1) is 6.10 Å². The zero-order chi connectivity index (χ0) is 12.7. The van der Waals surface area contributed by atoms with Gasteiger partial charge in [0, 0.05) is 18.5 Å². The van der Waals surface area contributed by atoms with E-state index in [0.29, 0.717) is 24.9 Å². The normalized spacial score (nSPS) is 15.5. The van der Waals surface area contributed by atoms with Crippen molar-refractivity contribution in [2.45, 2.75) is 59.6 Å². The van der Waals surface area contributed by atoms with Gasteiger partial charge in [-0.25, -0.2) is 0 Å². The van der Waals surface area contributed by atoms with Gasteiger partial charge < -0.3 is 10.4 Å². The summed E-state index contributed by atoms with van der Waals surface area (Å²) in [5.74, 6) is 0.695.